The van der Waals surface area contributed by atoms with Gasteiger partial charge in [0.2, 0.25) is 0 Å². The molecule has 1 aliphatic rings. The summed E-state index contributed by atoms with van der Waals surface area (Å²) in [5, 5.41) is 19.2. The summed E-state index contributed by atoms with van der Waals surface area (Å²) in [4.78, 5) is 0. The molecule has 0 spiro atoms. The second-order valence-electron chi connectivity index (χ2n) is 3.63. The molecule has 0 amide bonds. The van der Waals surface area contributed by atoms with Crippen LogP contribution in [0.3, 0.4) is 0 Å². The molecule has 1 aliphatic heterocycles. The third kappa shape index (κ3) is 1.61. The van der Waals surface area contributed by atoms with Crippen molar-refractivity contribution in [2.24, 2.45) is 0 Å². The lowest BCUT2D eigenvalue weighted by Crippen LogP contribution is -2.59. The molecule has 0 saturated carbocycles. The zero-order valence-corrected chi connectivity index (χ0v) is 7.87. The highest BCUT2D eigenvalue weighted by Gasteiger charge is 2.47. The van der Waals surface area contributed by atoms with Crippen molar-refractivity contribution < 1.29 is 19.7 Å². The van der Waals surface area contributed by atoms with Gasteiger partial charge in [-0.25, -0.2) is 0 Å². The largest absolute Gasteiger partial charge is 0.364 e. The van der Waals surface area contributed by atoms with Crippen LogP contribution in [0.5, 0.6) is 0 Å². The number of rotatable bonds is 0. The van der Waals surface area contributed by atoms with Gasteiger partial charge in [0.15, 0.2) is 11.6 Å². The maximum absolute atomic E-state index is 9.59. The Morgan fingerprint density at radius 2 is 1.17 bits per heavy atom. The molecule has 4 atom stereocenters. The predicted molar refractivity (Wildman–Crippen MR) is 42.3 cm³/mol. The van der Waals surface area contributed by atoms with Gasteiger partial charge >= 0.3 is 0 Å². The first-order valence-electron chi connectivity index (χ1n) is 4.06. The van der Waals surface area contributed by atoms with Gasteiger partial charge < -0.3 is 19.7 Å². The number of ether oxygens (including phenoxy) is 2. The minimum atomic E-state index is -1.32. The minimum absolute atomic E-state index is 0.538. The van der Waals surface area contributed by atoms with Gasteiger partial charge in [0.05, 0.1) is 0 Å². The van der Waals surface area contributed by atoms with Crippen LogP contribution >= 0.6 is 0 Å². The summed E-state index contributed by atoms with van der Waals surface area (Å²) in [6, 6.07) is 0. The summed E-state index contributed by atoms with van der Waals surface area (Å²) in [6.45, 7) is 6.34. The third-order valence-electron chi connectivity index (χ3n) is 2.34. The smallest absolute Gasteiger partial charge is 0.189 e. The molecule has 0 aromatic carbocycles. The fraction of sp³-hybridized carbons (Fsp3) is 1.00. The van der Waals surface area contributed by atoms with E-state index < -0.39 is 23.8 Å². The highest BCUT2D eigenvalue weighted by Crippen LogP contribution is 2.31. The first kappa shape index (κ1) is 9.92. The molecule has 1 rings (SSSR count). The van der Waals surface area contributed by atoms with Gasteiger partial charge in [-0.15, -0.1) is 0 Å². The molecule has 1 fully saturated rings. The Balaban J connectivity index is 2.76. The van der Waals surface area contributed by atoms with Crippen molar-refractivity contribution >= 4 is 0 Å². The van der Waals surface area contributed by atoms with Crippen LogP contribution in [0.25, 0.3) is 0 Å². The van der Waals surface area contributed by atoms with E-state index in [1.54, 1.807) is 13.8 Å². The van der Waals surface area contributed by atoms with Crippen LogP contribution in [0.15, 0.2) is 0 Å². The van der Waals surface area contributed by atoms with Gasteiger partial charge in [-0.05, 0) is 27.7 Å². The molecule has 4 heteroatoms. The van der Waals surface area contributed by atoms with E-state index in [9.17, 15) is 10.2 Å². The Bertz CT molecular complexity index is 156. The van der Waals surface area contributed by atoms with Crippen LogP contribution in [-0.4, -0.2) is 34.0 Å². The molecule has 0 radical (unpaired) electrons. The maximum atomic E-state index is 9.59. The van der Waals surface area contributed by atoms with Crippen molar-refractivity contribution in [1.29, 1.82) is 0 Å². The molecule has 4 nitrogen and oxygen atoms in total. The molecule has 12 heavy (non-hydrogen) atoms. The fourth-order valence-corrected chi connectivity index (χ4v) is 1.13. The van der Waals surface area contributed by atoms with Crippen molar-refractivity contribution in [1.82, 2.24) is 0 Å². The number of hydrogen-bond donors (Lipinski definition) is 2. The molecule has 0 aliphatic carbocycles. The molecule has 0 aromatic rings. The summed E-state index contributed by atoms with van der Waals surface area (Å²) in [5.41, 5.74) is 0. The molecule has 1 heterocycles. The number of hydrogen-bond acceptors (Lipinski definition) is 4. The Hall–Kier alpha value is -0.160. The van der Waals surface area contributed by atoms with Crippen molar-refractivity contribution in [3.63, 3.8) is 0 Å². The van der Waals surface area contributed by atoms with Crippen LogP contribution in [0.1, 0.15) is 27.7 Å². The Kier molecular flexibility index (Phi) is 2.21. The van der Waals surface area contributed by atoms with E-state index in [0.29, 0.717) is 0 Å². The van der Waals surface area contributed by atoms with Gasteiger partial charge in [0, 0.05) is 0 Å². The predicted octanol–water partition coefficient (Wildman–Crippen LogP) is 0.227. The van der Waals surface area contributed by atoms with E-state index in [0.717, 1.165) is 0 Å². The topological polar surface area (TPSA) is 58.9 Å². The SMILES string of the molecule is C[C@H]1O[C@](C)(O)[C@@H](C)O[C@]1(C)O. The summed E-state index contributed by atoms with van der Waals surface area (Å²) in [5.74, 6) is -2.64. The molecule has 0 unspecified atom stereocenters. The molecular weight excluding hydrogens is 160 g/mol. The Labute approximate surface area is 72.1 Å². The highest BCUT2D eigenvalue weighted by molar-refractivity contribution is 4.83. The van der Waals surface area contributed by atoms with Crippen molar-refractivity contribution in [2.75, 3.05) is 0 Å². The summed E-state index contributed by atoms with van der Waals surface area (Å²) in [6.07, 6.45) is -1.08. The average Bonchev–Trinajstić information content (AvgIpc) is 1.82. The molecule has 0 bridgehead atoms. The summed E-state index contributed by atoms with van der Waals surface area (Å²) in [7, 11) is 0. The molecule has 0 aromatic heterocycles. The molecule has 1 saturated heterocycles. The standard InChI is InChI=1S/C8H16O4/c1-5-7(3,9)12-6(2)8(4,10)11-5/h5-6,9-10H,1-4H3/t5-,6-,7+,8+/m1/s1. The van der Waals surface area contributed by atoms with E-state index in [1.165, 1.54) is 13.8 Å². The van der Waals surface area contributed by atoms with E-state index >= 15 is 0 Å². The fourth-order valence-electron chi connectivity index (χ4n) is 1.13. The minimum Gasteiger partial charge on any atom is -0.364 e. The van der Waals surface area contributed by atoms with E-state index in [4.69, 9.17) is 9.47 Å². The van der Waals surface area contributed by atoms with Gasteiger partial charge in [-0.1, -0.05) is 0 Å². The molecule has 72 valence electrons. The third-order valence-corrected chi connectivity index (χ3v) is 2.34. The molecule has 2 N–H and O–H groups in total. The van der Waals surface area contributed by atoms with Crippen LogP contribution in [0, 0.1) is 0 Å². The monoisotopic (exact) mass is 176 g/mol. The highest BCUT2D eigenvalue weighted by atomic mass is 16.7. The lowest BCUT2D eigenvalue weighted by atomic mass is 10.1. The zero-order chi connectivity index (χ0) is 9.57. The van der Waals surface area contributed by atoms with E-state index in [2.05, 4.69) is 0 Å². The second-order valence-corrected chi connectivity index (χ2v) is 3.63. The normalized spacial score (nSPS) is 55.5. The lowest BCUT2D eigenvalue weighted by Gasteiger charge is -2.46. The van der Waals surface area contributed by atoms with E-state index in [1.807, 2.05) is 0 Å². The Morgan fingerprint density at radius 1 is 0.917 bits per heavy atom. The quantitative estimate of drug-likeness (QED) is 0.554. The van der Waals surface area contributed by atoms with Gasteiger partial charge in [-0.3, -0.25) is 0 Å². The van der Waals surface area contributed by atoms with Crippen molar-refractivity contribution in [2.45, 2.75) is 51.5 Å². The first-order chi connectivity index (χ1) is 5.26. The zero-order valence-electron chi connectivity index (χ0n) is 7.87. The van der Waals surface area contributed by atoms with Gasteiger partial charge in [0.25, 0.3) is 0 Å². The first-order valence-corrected chi connectivity index (χ1v) is 4.06. The van der Waals surface area contributed by atoms with Gasteiger partial charge in [0.1, 0.15) is 12.2 Å². The maximum Gasteiger partial charge on any atom is 0.189 e. The average molecular weight is 176 g/mol. The molecular formula is C8H16O4. The van der Waals surface area contributed by atoms with Gasteiger partial charge in [-0.2, -0.15) is 0 Å². The van der Waals surface area contributed by atoms with Crippen molar-refractivity contribution in [3.8, 4) is 0 Å². The lowest BCUT2D eigenvalue weighted by molar-refractivity contribution is -0.406. The summed E-state index contributed by atoms with van der Waals surface area (Å²) >= 11 is 0. The van der Waals surface area contributed by atoms with Crippen molar-refractivity contribution in [3.05, 3.63) is 0 Å². The summed E-state index contributed by atoms with van der Waals surface area (Å²) < 4.78 is 10.4. The second kappa shape index (κ2) is 2.67. The Morgan fingerprint density at radius 3 is 1.42 bits per heavy atom. The van der Waals surface area contributed by atoms with E-state index in [-0.39, 0.29) is 0 Å². The van der Waals surface area contributed by atoms with Crippen LogP contribution in [0.2, 0.25) is 0 Å². The number of aliphatic hydroxyl groups is 2. The van der Waals surface area contributed by atoms with Crippen LogP contribution in [-0.2, 0) is 9.47 Å². The van der Waals surface area contributed by atoms with Crippen LogP contribution < -0.4 is 0 Å². The van der Waals surface area contributed by atoms with Crippen LogP contribution in [0.4, 0.5) is 0 Å².